The molecule has 1 aromatic carbocycles. The molecule has 0 radical (unpaired) electrons. The van der Waals surface area contributed by atoms with E-state index in [-0.39, 0.29) is 5.82 Å². The van der Waals surface area contributed by atoms with Crippen molar-refractivity contribution >= 4 is 0 Å². The molecule has 0 saturated carbocycles. The molecule has 8 heteroatoms. The lowest BCUT2D eigenvalue weighted by Crippen LogP contribution is -2.37. The van der Waals surface area contributed by atoms with Gasteiger partial charge in [-0.3, -0.25) is 0 Å². The van der Waals surface area contributed by atoms with Gasteiger partial charge >= 0.3 is 0 Å². The normalized spacial score (nSPS) is 17.0. The van der Waals surface area contributed by atoms with Crippen LogP contribution >= 0.6 is 0 Å². The average Bonchev–Trinajstić information content (AvgIpc) is 3.24. The number of hydrogen-bond acceptors (Lipinski definition) is 5. The molecule has 4 rings (SSSR count). The summed E-state index contributed by atoms with van der Waals surface area (Å²) in [5.74, 6) is 1.69. The Kier molecular flexibility index (Phi) is 3.81. The van der Waals surface area contributed by atoms with E-state index in [0.29, 0.717) is 18.3 Å². The Morgan fingerprint density at radius 1 is 1.33 bits per heavy atom. The number of benzene rings is 1. The SMILES string of the molecule is Cc1nnc2n1C[C@H](NCc1ccc(-n3cncn3)c(F)c1)CC2. The molecule has 124 valence electrons. The van der Waals surface area contributed by atoms with Gasteiger partial charge in [-0.15, -0.1) is 10.2 Å². The van der Waals surface area contributed by atoms with Gasteiger partial charge in [0.2, 0.25) is 0 Å². The number of hydrogen-bond donors (Lipinski definition) is 1. The minimum atomic E-state index is -0.305. The molecule has 1 atom stereocenters. The molecule has 2 aromatic heterocycles. The zero-order valence-electron chi connectivity index (χ0n) is 13.4. The van der Waals surface area contributed by atoms with E-state index < -0.39 is 0 Å². The second-order valence-corrected chi connectivity index (χ2v) is 6.02. The van der Waals surface area contributed by atoms with E-state index in [9.17, 15) is 4.39 Å². The van der Waals surface area contributed by atoms with Crippen LogP contribution in [0.15, 0.2) is 30.9 Å². The summed E-state index contributed by atoms with van der Waals surface area (Å²) in [6.07, 6.45) is 4.80. The molecule has 0 saturated heterocycles. The fraction of sp³-hybridized carbons (Fsp3) is 0.375. The molecule has 1 aliphatic rings. The molecule has 1 aliphatic heterocycles. The van der Waals surface area contributed by atoms with E-state index in [2.05, 4.69) is 30.2 Å². The fourth-order valence-electron chi connectivity index (χ4n) is 3.07. The second-order valence-electron chi connectivity index (χ2n) is 6.02. The predicted octanol–water partition coefficient (Wildman–Crippen LogP) is 1.41. The zero-order chi connectivity index (χ0) is 16.5. The van der Waals surface area contributed by atoms with Crippen LogP contribution in [0.3, 0.4) is 0 Å². The van der Waals surface area contributed by atoms with E-state index in [0.717, 1.165) is 36.6 Å². The van der Waals surface area contributed by atoms with Crippen molar-refractivity contribution in [3.05, 3.63) is 53.9 Å². The molecule has 3 heterocycles. The van der Waals surface area contributed by atoms with Crippen LogP contribution in [0.2, 0.25) is 0 Å². The van der Waals surface area contributed by atoms with E-state index in [4.69, 9.17) is 0 Å². The summed E-state index contributed by atoms with van der Waals surface area (Å²) in [4.78, 5) is 3.84. The first kappa shape index (κ1) is 14.9. The van der Waals surface area contributed by atoms with Crippen molar-refractivity contribution < 1.29 is 4.39 Å². The highest BCUT2D eigenvalue weighted by molar-refractivity contribution is 5.35. The monoisotopic (exact) mass is 327 g/mol. The first-order valence-corrected chi connectivity index (χ1v) is 7.96. The largest absolute Gasteiger partial charge is 0.314 e. The van der Waals surface area contributed by atoms with E-state index in [1.807, 2.05) is 13.0 Å². The third-order valence-corrected chi connectivity index (χ3v) is 4.40. The topological polar surface area (TPSA) is 73.5 Å². The number of rotatable bonds is 4. The maximum absolute atomic E-state index is 14.3. The maximum atomic E-state index is 14.3. The van der Waals surface area contributed by atoms with Gasteiger partial charge < -0.3 is 9.88 Å². The summed E-state index contributed by atoms with van der Waals surface area (Å²) < 4.78 is 17.8. The van der Waals surface area contributed by atoms with Gasteiger partial charge in [0.15, 0.2) is 0 Å². The number of nitrogens with zero attached hydrogens (tertiary/aromatic N) is 6. The smallest absolute Gasteiger partial charge is 0.149 e. The first-order valence-electron chi connectivity index (χ1n) is 7.96. The van der Waals surface area contributed by atoms with Gasteiger partial charge in [-0.05, 0) is 31.0 Å². The molecule has 0 fully saturated rings. The number of aromatic nitrogens is 6. The Hall–Kier alpha value is -2.61. The van der Waals surface area contributed by atoms with Crippen molar-refractivity contribution in [3.8, 4) is 5.69 Å². The average molecular weight is 327 g/mol. The summed E-state index contributed by atoms with van der Waals surface area (Å²) in [5.41, 5.74) is 1.31. The molecule has 0 aliphatic carbocycles. The molecule has 0 spiro atoms. The Bertz CT molecular complexity index is 840. The molecule has 0 unspecified atom stereocenters. The Morgan fingerprint density at radius 3 is 3.04 bits per heavy atom. The van der Waals surface area contributed by atoms with Gasteiger partial charge in [-0.2, -0.15) is 5.10 Å². The molecule has 24 heavy (non-hydrogen) atoms. The standard InChI is InChI=1S/C16H18FN7/c1-11-21-22-16-5-3-13(8-23(11)16)19-7-12-2-4-15(14(17)6-12)24-10-18-9-20-24/h2,4,6,9-10,13,19H,3,5,7-8H2,1H3/t13-/m1/s1. The van der Waals surface area contributed by atoms with Crippen molar-refractivity contribution in [3.63, 3.8) is 0 Å². The van der Waals surface area contributed by atoms with Crippen molar-refractivity contribution in [1.82, 2.24) is 34.8 Å². The lowest BCUT2D eigenvalue weighted by atomic mass is 10.1. The number of aryl methyl sites for hydroxylation is 2. The van der Waals surface area contributed by atoms with Crippen molar-refractivity contribution in [2.24, 2.45) is 0 Å². The van der Waals surface area contributed by atoms with E-state index >= 15 is 0 Å². The van der Waals surface area contributed by atoms with Crippen LogP contribution in [0.4, 0.5) is 4.39 Å². The molecule has 3 aromatic rings. The van der Waals surface area contributed by atoms with Crippen LogP contribution < -0.4 is 5.32 Å². The van der Waals surface area contributed by atoms with Crippen LogP contribution in [-0.2, 0) is 19.5 Å². The van der Waals surface area contributed by atoms with Crippen LogP contribution in [-0.4, -0.2) is 35.6 Å². The fourth-order valence-corrected chi connectivity index (χ4v) is 3.07. The second kappa shape index (κ2) is 6.12. The van der Waals surface area contributed by atoms with Gasteiger partial charge in [0, 0.05) is 25.6 Å². The van der Waals surface area contributed by atoms with E-state index in [1.165, 1.54) is 17.3 Å². The third kappa shape index (κ3) is 2.80. The summed E-state index contributed by atoms with van der Waals surface area (Å²) in [7, 11) is 0. The van der Waals surface area contributed by atoms with Crippen molar-refractivity contribution in [2.45, 2.75) is 38.9 Å². The van der Waals surface area contributed by atoms with Crippen LogP contribution in [0.5, 0.6) is 0 Å². The molecule has 0 amide bonds. The molecule has 1 N–H and O–H groups in total. The molecular formula is C16H18FN7. The first-order chi connectivity index (χ1) is 11.7. The van der Waals surface area contributed by atoms with Gasteiger partial charge in [0.25, 0.3) is 0 Å². The highest BCUT2D eigenvalue weighted by atomic mass is 19.1. The maximum Gasteiger partial charge on any atom is 0.149 e. The van der Waals surface area contributed by atoms with Crippen molar-refractivity contribution in [1.29, 1.82) is 0 Å². The quantitative estimate of drug-likeness (QED) is 0.784. The summed E-state index contributed by atoms with van der Waals surface area (Å²) in [6.45, 7) is 3.44. The minimum Gasteiger partial charge on any atom is -0.314 e. The van der Waals surface area contributed by atoms with Gasteiger partial charge in [-0.1, -0.05) is 6.07 Å². The lowest BCUT2D eigenvalue weighted by Gasteiger charge is -2.25. The van der Waals surface area contributed by atoms with E-state index in [1.54, 1.807) is 12.1 Å². The van der Waals surface area contributed by atoms with Crippen LogP contribution in [0.25, 0.3) is 5.69 Å². The number of halogens is 1. The lowest BCUT2D eigenvalue weighted by molar-refractivity contribution is 0.375. The summed E-state index contributed by atoms with van der Waals surface area (Å²) in [5, 5.41) is 15.8. The highest BCUT2D eigenvalue weighted by Crippen LogP contribution is 2.17. The zero-order valence-corrected chi connectivity index (χ0v) is 13.4. The predicted molar refractivity (Wildman–Crippen MR) is 85.0 cm³/mol. The third-order valence-electron chi connectivity index (χ3n) is 4.40. The molecular weight excluding hydrogens is 309 g/mol. The summed E-state index contributed by atoms with van der Waals surface area (Å²) in [6, 6.07) is 5.52. The Labute approximate surface area is 138 Å². The van der Waals surface area contributed by atoms with Gasteiger partial charge in [0.05, 0.1) is 0 Å². The minimum absolute atomic E-state index is 0.305. The van der Waals surface area contributed by atoms with Crippen LogP contribution in [0, 0.1) is 12.7 Å². The Balaban J connectivity index is 1.42. The van der Waals surface area contributed by atoms with Gasteiger partial charge in [0.1, 0.15) is 35.8 Å². The molecule has 0 bridgehead atoms. The van der Waals surface area contributed by atoms with Crippen molar-refractivity contribution in [2.75, 3.05) is 0 Å². The summed E-state index contributed by atoms with van der Waals surface area (Å²) >= 11 is 0. The van der Waals surface area contributed by atoms with Crippen LogP contribution in [0.1, 0.15) is 23.6 Å². The Morgan fingerprint density at radius 2 is 2.25 bits per heavy atom. The highest BCUT2D eigenvalue weighted by Gasteiger charge is 2.21. The number of nitrogens with one attached hydrogen (secondary N) is 1. The molecule has 7 nitrogen and oxygen atoms in total. The number of fused-ring (bicyclic) bond motifs is 1. The van der Waals surface area contributed by atoms with Gasteiger partial charge in [-0.25, -0.2) is 14.1 Å².